The van der Waals surface area contributed by atoms with E-state index in [1.807, 2.05) is 25.1 Å². The molecule has 1 N–H and O–H groups in total. The lowest BCUT2D eigenvalue weighted by molar-refractivity contribution is 0.338. The number of halogens is 1. The first-order valence-electron chi connectivity index (χ1n) is 7.74. The zero-order valence-electron chi connectivity index (χ0n) is 13.5. The number of rotatable bonds is 7. The van der Waals surface area contributed by atoms with Crippen molar-refractivity contribution in [2.24, 2.45) is 5.10 Å². The van der Waals surface area contributed by atoms with Crippen LogP contribution in [-0.4, -0.2) is 27.7 Å². The monoisotopic (exact) mass is 396 g/mol. The topological polar surface area (TPSA) is 55.2 Å². The van der Waals surface area contributed by atoms with E-state index in [4.69, 9.17) is 17.0 Å². The van der Waals surface area contributed by atoms with E-state index in [1.54, 1.807) is 10.9 Å². The summed E-state index contributed by atoms with van der Waals surface area (Å²) in [5.41, 5.74) is 0.957. The average Bonchev–Trinajstić information content (AvgIpc) is 2.90. The van der Waals surface area contributed by atoms with Crippen molar-refractivity contribution in [3.05, 3.63) is 38.8 Å². The minimum atomic E-state index is 0.340. The Balaban J connectivity index is 2.29. The Morgan fingerprint density at radius 1 is 1.39 bits per heavy atom. The summed E-state index contributed by atoms with van der Waals surface area (Å²) in [6.45, 7) is 6.88. The Morgan fingerprint density at radius 3 is 2.74 bits per heavy atom. The number of aromatic amines is 1. The summed E-state index contributed by atoms with van der Waals surface area (Å²) in [6.07, 6.45) is 3.78. The molecule has 2 rings (SSSR count). The van der Waals surface area contributed by atoms with Gasteiger partial charge in [0.2, 0.25) is 4.77 Å². The number of ether oxygens (including phenoxy) is 1. The highest BCUT2D eigenvalue weighted by molar-refractivity contribution is 9.10. The minimum Gasteiger partial charge on any atom is -0.493 e. The second kappa shape index (κ2) is 8.40. The van der Waals surface area contributed by atoms with E-state index in [9.17, 15) is 0 Å². The molecule has 23 heavy (non-hydrogen) atoms. The molecule has 0 atom stereocenters. The van der Waals surface area contributed by atoms with Gasteiger partial charge in [0.25, 0.3) is 0 Å². The van der Waals surface area contributed by atoms with E-state index in [1.165, 1.54) is 0 Å². The van der Waals surface area contributed by atoms with E-state index in [0.717, 1.165) is 34.5 Å². The van der Waals surface area contributed by atoms with Gasteiger partial charge in [-0.25, -0.2) is 0 Å². The zero-order chi connectivity index (χ0) is 16.8. The van der Waals surface area contributed by atoms with Gasteiger partial charge < -0.3 is 4.74 Å². The van der Waals surface area contributed by atoms with Gasteiger partial charge in [-0.3, -0.25) is 5.10 Å². The van der Waals surface area contributed by atoms with Crippen LogP contribution in [0.25, 0.3) is 0 Å². The lowest BCUT2D eigenvalue weighted by Gasteiger charge is -2.10. The van der Waals surface area contributed by atoms with Crippen LogP contribution in [0.2, 0.25) is 0 Å². The molecule has 0 bridgehead atoms. The molecular weight excluding hydrogens is 376 g/mol. The third-order valence-electron chi connectivity index (χ3n) is 3.60. The molecule has 0 spiro atoms. The summed E-state index contributed by atoms with van der Waals surface area (Å²) in [6, 6.07) is 5.85. The van der Waals surface area contributed by atoms with E-state index < -0.39 is 0 Å². The minimum absolute atomic E-state index is 0.340. The Hall–Kier alpha value is -1.47. The standard InChI is InChI=1S/C16H21BrN4OS/c1-4-12(5-2)15-19-20-16(23)21(15)18-10-11-7-8-14(22-6-3)13(17)9-11/h7-10,12H,4-6H2,1-3H3,(H,20,23)/b18-10-. The van der Waals surface area contributed by atoms with Gasteiger partial charge in [0, 0.05) is 5.92 Å². The van der Waals surface area contributed by atoms with Gasteiger partial charge in [-0.2, -0.15) is 14.9 Å². The molecule has 1 aromatic carbocycles. The van der Waals surface area contributed by atoms with E-state index in [2.05, 4.69) is 45.1 Å². The van der Waals surface area contributed by atoms with Gasteiger partial charge in [0.15, 0.2) is 5.82 Å². The van der Waals surface area contributed by atoms with E-state index in [0.29, 0.717) is 17.3 Å². The maximum absolute atomic E-state index is 5.51. The van der Waals surface area contributed by atoms with Crippen molar-refractivity contribution >= 4 is 34.4 Å². The summed E-state index contributed by atoms with van der Waals surface area (Å²) in [5.74, 6) is 2.04. The molecule has 7 heteroatoms. The molecule has 1 aromatic heterocycles. The smallest absolute Gasteiger partial charge is 0.216 e. The zero-order valence-corrected chi connectivity index (χ0v) is 15.9. The molecule has 0 saturated carbocycles. The molecule has 0 aliphatic heterocycles. The van der Waals surface area contributed by atoms with Gasteiger partial charge in [0.05, 0.1) is 17.3 Å². The Labute approximate surface area is 149 Å². The molecule has 1 heterocycles. The van der Waals surface area contributed by atoms with Gasteiger partial charge in [-0.1, -0.05) is 13.8 Å². The SMILES string of the molecule is CCOc1ccc(/C=N\n2c(C(CC)CC)n[nH]c2=S)cc1Br. The van der Waals surface area contributed by atoms with Crippen LogP contribution in [0.1, 0.15) is 50.9 Å². The predicted molar refractivity (Wildman–Crippen MR) is 99.0 cm³/mol. The van der Waals surface area contributed by atoms with Gasteiger partial charge >= 0.3 is 0 Å². The maximum atomic E-state index is 5.51. The summed E-state index contributed by atoms with van der Waals surface area (Å²) < 4.78 is 8.63. The number of hydrogen-bond donors (Lipinski definition) is 1. The van der Waals surface area contributed by atoms with Crippen LogP contribution < -0.4 is 4.74 Å². The highest BCUT2D eigenvalue weighted by Crippen LogP contribution is 2.25. The molecule has 0 radical (unpaired) electrons. The molecule has 0 amide bonds. The second-order valence-corrected chi connectivity index (χ2v) is 6.32. The number of benzene rings is 1. The first-order chi connectivity index (χ1) is 11.1. The number of aromatic nitrogens is 3. The molecule has 0 fully saturated rings. The summed E-state index contributed by atoms with van der Waals surface area (Å²) >= 11 is 8.80. The van der Waals surface area contributed by atoms with Crippen LogP contribution in [0.5, 0.6) is 5.75 Å². The molecular formula is C16H21BrN4OS. The van der Waals surface area contributed by atoms with Gasteiger partial charge in [-0.05, 0) is 71.7 Å². The molecule has 0 aliphatic carbocycles. The third kappa shape index (κ3) is 4.29. The molecule has 0 saturated heterocycles. The number of hydrogen-bond acceptors (Lipinski definition) is 4. The molecule has 2 aromatic rings. The number of H-pyrrole nitrogens is 1. The summed E-state index contributed by atoms with van der Waals surface area (Å²) in [4.78, 5) is 0. The molecule has 0 unspecified atom stereocenters. The molecule has 5 nitrogen and oxygen atoms in total. The van der Waals surface area contributed by atoms with Crippen LogP contribution in [0.4, 0.5) is 0 Å². The first-order valence-corrected chi connectivity index (χ1v) is 8.94. The third-order valence-corrected chi connectivity index (χ3v) is 4.49. The molecule has 124 valence electrons. The Bertz CT molecular complexity index is 734. The second-order valence-electron chi connectivity index (χ2n) is 5.08. The fraction of sp³-hybridized carbons (Fsp3) is 0.438. The maximum Gasteiger partial charge on any atom is 0.216 e. The highest BCUT2D eigenvalue weighted by atomic mass is 79.9. The summed E-state index contributed by atoms with van der Waals surface area (Å²) in [7, 11) is 0. The van der Waals surface area contributed by atoms with Gasteiger partial charge in [0.1, 0.15) is 5.75 Å². The van der Waals surface area contributed by atoms with Crippen molar-refractivity contribution in [1.82, 2.24) is 14.9 Å². The van der Waals surface area contributed by atoms with Crippen molar-refractivity contribution in [3.8, 4) is 5.75 Å². The lowest BCUT2D eigenvalue weighted by Crippen LogP contribution is -2.05. The number of nitrogens with one attached hydrogen (secondary N) is 1. The largest absolute Gasteiger partial charge is 0.493 e. The fourth-order valence-corrected chi connectivity index (χ4v) is 3.03. The normalized spacial score (nSPS) is 11.5. The van der Waals surface area contributed by atoms with Crippen LogP contribution in [0, 0.1) is 4.77 Å². The van der Waals surface area contributed by atoms with Crippen molar-refractivity contribution in [1.29, 1.82) is 0 Å². The van der Waals surface area contributed by atoms with Crippen molar-refractivity contribution in [2.75, 3.05) is 6.61 Å². The molecule has 0 aliphatic rings. The van der Waals surface area contributed by atoms with Crippen molar-refractivity contribution in [2.45, 2.75) is 39.5 Å². The van der Waals surface area contributed by atoms with Crippen LogP contribution in [0.15, 0.2) is 27.8 Å². The van der Waals surface area contributed by atoms with Crippen LogP contribution in [-0.2, 0) is 0 Å². The first kappa shape index (κ1) is 17.9. The number of nitrogens with zero attached hydrogens (tertiary/aromatic N) is 3. The fourth-order valence-electron chi connectivity index (χ4n) is 2.33. The summed E-state index contributed by atoms with van der Waals surface area (Å²) in [5, 5.41) is 11.7. The quantitative estimate of drug-likeness (QED) is 0.535. The predicted octanol–water partition coefficient (Wildman–Crippen LogP) is 4.89. The van der Waals surface area contributed by atoms with Gasteiger partial charge in [-0.15, -0.1) is 0 Å². The average molecular weight is 397 g/mol. The van der Waals surface area contributed by atoms with E-state index in [-0.39, 0.29) is 0 Å². The van der Waals surface area contributed by atoms with Crippen molar-refractivity contribution < 1.29 is 4.74 Å². The van der Waals surface area contributed by atoms with E-state index >= 15 is 0 Å². The van der Waals surface area contributed by atoms with Crippen LogP contribution in [0.3, 0.4) is 0 Å². The lowest BCUT2D eigenvalue weighted by atomic mass is 10.0. The Kier molecular flexibility index (Phi) is 6.53. The Morgan fingerprint density at radius 2 is 2.13 bits per heavy atom. The van der Waals surface area contributed by atoms with Crippen LogP contribution >= 0.6 is 28.1 Å². The highest BCUT2D eigenvalue weighted by Gasteiger charge is 2.14. The van der Waals surface area contributed by atoms with Crippen molar-refractivity contribution in [3.63, 3.8) is 0 Å².